The van der Waals surface area contributed by atoms with E-state index in [9.17, 15) is 4.79 Å². The molecule has 0 unspecified atom stereocenters. The highest BCUT2D eigenvalue weighted by Crippen LogP contribution is 2.27. The second kappa shape index (κ2) is 5.31. The van der Waals surface area contributed by atoms with Crippen molar-refractivity contribution < 1.29 is 4.79 Å². The van der Waals surface area contributed by atoms with Crippen molar-refractivity contribution in [3.8, 4) is 0 Å². The number of piperidine rings is 1. The second-order valence-corrected chi connectivity index (χ2v) is 5.93. The molecule has 98 valence electrons. The molecule has 0 aliphatic carbocycles. The summed E-state index contributed by atoms with van der Waals surface area (Å²) in [5.41, 5.74) is 7.11. The lowest BCUT2D eigenvalue weighted by atomic mass is 9.96. The zero-order chi connectivity index (χ0) is 13.3. The Morgan fingerprint density at radius 1 is 1.33 bits per heavy atom. The quantitative estimate of drug-likeness (QED) is 0.808. The molecule has 2 N–H and O–H groups in total. The highest BCUT2D eigenvalue weighted by molar-refractivity contribution is 9.10. The number of nitrogen functional groups attached to an aromatic ring is 1. The summed E-state index contributed by atoms with van der Waals surface area (Å²) in [4.78, 5) is 14.5. The average molecular weight is 311 g/mol. The van der Waals surface area contributed by atoms with Crippen molar-refractivity contribution in [1.82, 2.24) is 4.90 Å². The van der Waals surface area contributed by atoms with Gasteiger partial charge in [0.05, 0.1) is 0 Å². The van der Waals surface area contributed by atoms with E-state index in [-0.39, 0.29) is 5.91 Å². The van der Waals surface area contributed by atoms with E-state index >= 15 is 0 Å². The zero-order valence-corrected chi connectivity index (χ0v) is 12.4. The van der Waals surface area contributed by atoms with Gasteiger partial charge >= 0.3 is 0 Å². The summed E-state index contributed by atoms with van der Waals surface area (Å²) in [5, 5.41) is 0. The molecule has 2 rings (SSSR count). The number of benzene rings is 1. The summed E-state index contributed by atoms with van der Waals surface area (Å²) in [6.07, 6.45) is 3.38. The summed E-state index contributed by atoms with van der Waals surface area (Å²) >= 11 is 3.37. The van der Waals surface area contributed by atoms with Crippen molar-refractivity contribution >= 4 is 27.5 Å². The Kier molecular flexibility index (Phi) is 3.95. The molecule has 18 heavy (non-hydrogen) atoms. The fourth-order valence-corrected chi connectivity index (χ4v) is 3.01. The van der Waals surface area contributed by atoms with Crippen LogP contribution in [0.2, 0.25) is 0 Å². The minimum Gasteiger partial charge on any atom is -0.398 e. The SMILES string of the molecule is C[C@@H]1CCC[C@H](C)N1C(=O)c1ccc(N)c(Br)c1. The van der Waals surface area contributed by atoms with Crippen LogP contribution in [0.1, 0.15) is 43.5 Å². The van der Waals surface area contributed by atoms with Gasteiger partial charge in [-0.15, -0.1) is 0 Å². The first-order valence-electron chi connectivity index (χ1n) is 6.38. The van der Waals surface area contributed by atoms with Gasteiger partial charge in [0.15, 0.2) is 0 Å². The molecule has 1 saturated heterocycles. The molecule has 0 saturated carbocycles. The Balaban J connectivity index is 2.26. The molecule has 1 heterocycles. The van der Waals surface area contributed by atoms with E-state index in [1.165, 1.54) is 6.42 Å². The lowest BCUT2D eigenvalue weighted by Crippen LogP contribution is -2.47. The Bertz CT molecular complexity index is 451. The van der Waals surface area contributed by atoms with Gasteiger partial charge in [-0.05, 0) is 67.2 Å². The predicted molar refractivity (Wildman–Crippen MR) is 77.5 cm³/mol. The number of nitrogens with zero attached hydrogens (tertiary/aromatic N) is 1. The topological polar surface area (TPSA) is 46.3 Å². The molecule has 2 atom stereocenters. The van der Waals surface area contributed by atoms with Crippen LogP contribution >= 0.6 is 15.9 Å². The predicted octanol–water partition coefficient (Wildman–Crippen LogP) is 3.43. The smallest absolute Gasteiger partial charge is 0.254 e. The number of halogens is 1. The number of amides is 1. The summed E-state index contributed by atoms with van der Waals surface area (Å²) < 4.78 is 0.783. The third kappa shape index (κ3) is 2.53. The number of likely N-dealkylation sites (tertiary alicyclic amines) is 1. The highest BCUT2D eigenvalue weighted by Gasteiger charge is 2.29. The Morgan fingerprint density at radius 2 is 1.94 bits per heavy atom. The minimum atomic E-state index is 0.107. The van der Waals surface area contributed by atoms with Gasteiger partial charge in [0.2, 0.25) is 0 Å². The molecular formula is C14H19BrN2O. The van der Waals surface area contributed by atoms with E-state index in [4.69, 9.17) is 5.73 Å². The van der Waals surface area contributed by atoms with Gasteiger partial charge in [-0.2, -0.15) is 0 Å². The van der Waals surface area contributed by atoms with Gasteiger partial charge in [-0.25, -0.2) is 0 Å². The average Bonchev–Trinajstić information content (AvgIpc) is 2.32. The molecule has 0 radical (unpaired) electrons. The van der Waals surface area contributed by atoms with Gasteiger partial charge in [-0.3, -0.25) is 4.79 Å². The van der Waals surface area contributed by atoms with Gasteiger partial charge in [0, 0.05) is 27.8 Å². The summed E-state index contributed by atoms with van der Waals surface area (Å²) in [6, 6.07) is 6.02. The summed E-state index contributed by atoms with van der Waals surface area (Å²) in [7, 11) is 0. The van der Waals surface area contributed by atoms with Gasteiger partial charge in [0.25, 0.3) is 5.91 Å². The van der Waals surface area contributed by atoms with Crippen molar-refractivity contribution in [3.05, 3.63) is 28.2 Å². The van der Waals surface area contributed by atoms with Crippen LogP contribution < -0.4 is 5.73 Å². The highest BCUT2D eigenvalue weighted by atomic mass is 79.9. The van der Waals surface area contributed by atoms with Gasteiger partial charge in [-0.1, -0.05) is 0 Å². The zero-order valence-electron chi connectivity index (χ0n) is 10.8. The monoisotopic (exact) mass is 310 g/mol. The van der Waals surface area contributed by atoms with Crippen LogP contribution in [0.3, 0.4) is 0 Å². The molecule has 1 aromatic rings. The van der Waals surface area contributed by atoms with Crippen LogP contribution in [0, 0.1) is 0 Å². The van der Waals surface area contributed by atoms with Crippen molar-refractivity contribution in [3.63, 3.8) is 0 Å². The number of carbonyl (C=O) groups excluding carboxylic acids is 1. The molecule has 0 spiro atoms. The third-order valence-corrected chi connectivity index (χ3v) is 4.36. The minimum absolute atomic E-state index is 0.107. The molecule has 1 fully saturated rings. The molecular weight excluding hydrogens is 292 g/mol. The third-order valence-electron chi connectivity index (χ3n) is 3.68. The molecule has 1 aliphatic heterocycles. The molecule has 0 aromatic heterocycles. The lowest BCUT2D eigenvalue weighted by molar-refractivity contribution is 0.0511. The first-order valence-corrected chi connectivity index (χ1v) is 7.17. The fraction of sp³-hybridized carbons (Fsp3) is 0.500. The van der Waals surface area contributed by atoms with Crippen molar-refractivity contribution in [2.45, 2.75) is 45.2 Å². The van der Waals surface area contributed by atoms with Crippen LogP contribution in [-0.4, -0.2) is 22.9 Å². The van der Waals surface area contributed by atoms with Crippen molar-refractivity contribution in [1.29, 1.82) is 0 Å². The van der Waals surface area contributed by atoms with Gasteiger partial charge < -0.3 is 10.6 Å². The number of rotatable bonds is 1. The van der Waals surface area contributed by atoms with E-state index in [0.717, 1.165) is 17.3 Å². The van der Waals surface area contributed by atoms with Crippen LogP contribution in [0.25, 0.3) is 0 Å². The van der Waals surface area contributed by atoms with E-state index in [1.54, 1.807) is 12.1 Å². The van der Waals surface area contributed by atoms with Crippen molar-refractivity contribution in [2.24, 2.45) is 0 Å². The van der Waals surface area contributed by atoms with E-state index in [0.29, 0.717) is 23.3 Å². The van der Waals surface area contributed by atoms with E-state index in [1.807, 2.05) is 11.0 Å². The first-order chi connectivity index (χ1) is 8.50. The molecule has 0 bridgehead atoms. The number of anilines is 1. The Morgan fingerprint density at radius 3 is 2.50 bits per heavy atom. The molecule has 3 nitrogen and oxygen atoms in total. The molecule has 4 heteroatoms. The number of nitrogens with two attached hydrogens (primary N) is 1. The van der Waals surface area contributed by atoms with Crippen LogP contribution in [0.4, 0.5) is 5.69 Å². The fourth-order valence-electron chi connectivity index (χ4n) is 2.63. The largest absolute Gasteiger partial charge is 0.398 e. The van der Waals surface area contributed by atoms with E-state index < -0.39 is 0 Å². The Labute approximate surface area is 116 Å². The maximum Gasteiger partial charge on any atom is 0.254 e. The number of hydrogen-bond donors (Lipinski definition) is 1. The normalized spacial score (nSPS) is 24.1. The van der Waals surface area contributed by atoms with Gasteiger partial charge in [0.1, 0.15) is 0 Å². The maximum atomic E-state index is 12.5. The lowest BCUT2D eigenvalue weighted by Gasteiger charge is -2.39. The molecule has 1 aromatic carbocycles. The van der Waals surface area contributed by atoms with Crippen molar-refractivity contribution in [2.75, 3.05) is 5.73 Å². The van der Waals surface area contributed by atoms with E-state index in [2.05, 4.69) is 29.8 Å². The summed E-state index contributed by atoms with van der Waals surface area (Å²) in [6.45, 7) is 4.25. The first kappa shape index (κ1) is 13.4. The Hall–Kier alpha value is -1.03. The summed E-state index contributed by atoms with van der Waals surface area (Å²) in [5.74, 6) is 0.107. The van der Waals surface area contributed by atoms with Crippen LogP contribution in [-0.2, 0) is 0 Å². The van der Waals surface area contributed by atoms with Crippen LogP contribution in [0.5, 0.6) is 0 Å². The maximum absolute atomic E-state index is 12.5. The standard InChI is InChI=1S/C14H19BrN2O/c1-9-4-3-5-10(2)17(9)14(18)11-6-7-13(16)12(15)8-11/h6-10H,3-5,16H2,1-2H3/t9-,10+. The van der Waals surface area contributed by atoms with Crippen LogP contribution in [0.15, 0.2) is 22.7 Å². The number of carbonyl (C=O) groups is 1. The molecule has 1 amide bonds. The second-order valence-electron chi connectivity index (χ2n) is 5.08. The molecule has 1 aliphatic rings. The number of hydrogen-bond acceptors (Lipinski definition) is 2.